The number of hydrogen-bond acceptors (Lipinski definition) is 5. The fraction of sp³-hybridized carbons (Fsp3) is 0.267. The average molecular weight is 332 g/mol. The van der Waals surface area contributed by atoms with Crippen LogP contribution in [-0.4, -0.2) is 27.6 Å². The van der Waals surface area contributed by atoms with Crippen molar-refractivity contribution in [2.75, 3.05) is 11.9 Å². The minimum absolute atomic E-state index is 0.127. The number of nitrogens with one attached hydrogen (secondary N) is 2. The van der Waals surface area contributed by atoms with E-state index in [9.17, 15) is 14.0 Å². The molecule has 9 heteroatoms. The van der Waals surface area contributed by atoms with Gasteiger partial charge in [-0.3, -0.25) is 4.79 Å². The molecule has 0 saturated carbocycles. The summed E-state index contributed by atoms with van der Waals surface area (Å²) in [5.74, 6) is 0.213. The maximum atomic E-state index is 14.0. The summed E-state index contributed by atoms with van der Waals surface area (Å²) in [5.41, 5.74) is 0.951. The van der Waals surface area contributed by atoms with Gasteiger partial charge in [0.25, 0.3) is 5.56 Å². The fourth-order valence-electron chi connectivity index (χ4n) is 2.79. The summed E-state index contributed by atoms with van der Waals surface area (Å²) in [6.45, 7) is 2.16. The lowest BCUT2D eigenvalue weighted by atomic mass is 10.1. The minimum atomic E-state index is -0.572. The Morgan fingerprint density at radius 2 is 2.29 bits per heavy atom. The smallest absolute Gasteiger partial charge is 0.322 e. The lowest BCUT2D eigenvalue weighted by Gasteiger charge is -2.25. The number of carbonyl (C=O) groups excluding carboxylic acids is 1. The number of urea groups is 1. The van der Waals surface area contributed by atoms with Crippen molar-refractivity contribution in [1.29, 1.82) is 0 Å². The van der Waals surface area contributed by atoms with Crippen molar-refractivity contribution >= 4 is 22.8 Å². The van der Waals surface area contributed by atoms with Gasteiger partial charge in [0.05, 0.1) is 12.1 Å². The zero-order valence-electron chi connectivity index (χ0n) is 12.7. The Hall–Kier alpha value is -3.10. The van der Waals surface area contributed by atoms with Crippen LogP contribution in [0.15, 0.2) is 25.9 Å². The molecule has 3 heterocycles. The highest BCUT2D eigenvalue weighted by Crippen LogP contribution is 2.24. The van der Waals surface area contributed by atoms with Gasteiger partial charge < -0.3 is 19.2 Å². The maximum absolute atomic E-state index is 14.0. The van der Waals surface area contributed by atoms with E-state index in [-0.39, 0.29) is 28.9 Å². The highest BCUT2D eigenvalue weighted by Gasteiger charge is 2.26. The summed E-state index contributed by atoms with van der Waals surface area (Å²) in [5, 5.41) is 4.88. The number of hydrogen-bond donors (Lipinski definition) is 2. The van der Waals surface area contributed by atoms with E-state index in [4.69, 9.17) is 8.94 Å². The number of amides is 2. The zero-order chi connectivity index (χ0) is 16.8. The number of aromatic amines is 1. The largest absolute Gasteiger partial charge is 0.441 e. The molecule has 0 saturated heterocycles. The molecule has 1 aliphatic heterocycles. The molecule has 0 spiro atoms. The summed E-state index contributed by atoms with van der Waals surface area (Å²) >= 11 is 0. The lowest BCUT2D eigenvalue weighted by molar-refractivity contribution is 0.196. The van der Waals surface area contributed by atoms with Crippen molar-refractivity contribution in [3.8, 4) is 0 Å². The Morgan fingerprint density at radius 3 is 3.12 bits per heavy atom. The number of aryl methyl sites for hydroxylation is 1. The first-order valence-corrected chi connectivity index (χ1v) is 7.33. The number of anilines is 1. The Kier molecular flexibility index (Phi) is 3.15. The molecule has 2 aromatic heterocycles. The molecule has 0 atom stereocenters. The van der Waals surface area contributed by atoms with Gasteiger partial charge in [-0.2, -0.15) is 5.16 Å². The van der Waals surface area contributed by atoms with E-state index in [1.807, 2.05) is 0 Å². The Bertz CT molecular complexity index is 1000. The highest BCUT2D eigenvalue weighted by molar-refractivity contribution is 5.91. The van der Waals surface area contributed by atoms with E-state index in [0.29, 0.717) is 30.2 Å². The summed E-state index contributed by atoms with van der Waals surface area (Å²) in [7, 11) is 0. The lowest BCUT2D eigenvalue weighted by Crippen LogP contribution is -2.39. The molecular formula is C15H13FN4O4. The van der Waals surface area contributed by atoms with Crippen LogP contribution in [0.25, 0.3) is 11.1 Å². The van der Waals surface area contributed by atoms with Gasteiger partial charge in [0.15, 0.2) is 23.1 Å². The highest BCUT2D eigenvalue weighted by atomic mass is 19.1. The van der Waals surface area contributed by atoms with Crippen LogP contribution >= 0.6 is 0 Å². The van der Waals surface area contributed by atoms with E-state index >= 15 is 0 Å². The van der Waals surface area contributed by atoms with Gasteiger partial charge in [0.1, 0.15) is 5.52 Å². The van der Waals surface area contributed by atoms with Gasteiger partial charge in [-0.05, 0) is 12.5 Å². The number of fused-ring (bicyclic) bond motifs is 2. The van der Waals surface area contributed by atoms with Gasteiger partial charge in [0.2, 0.25) is 0 Å². The van der Waals surface area contributed by atoms with Crippen LogP contribution in [0.5, 0.6) is 0 Å². The van der Waals surface area contributed by atoms with Crippen LogP contribution < -0.4 is 10.9 Å². The van der Waals surface area contributed by atoms with E-state index in [2.05, 4.69) is 15.5 Å². The monoisotopic (exact) mass is 332 g/mol. The Balaban J connectivity index is 1.55. The quantitative estimate of drug-likeness (QED) is 0.710. The Morgan fingerprint density at radius 1 is 1.46 bits per heavy atom. The number of oxazole rings is 1. The second-order valence-electron chi connectivity index (χ2n) is 5.57. The first-order chi connectivity index (χ1) is 11.5. The molecule has 4 rings (SSSR count). The van der Waals surface area contributed by atoms with Crippen LogP contribution in [0.4, 0.5) is 14.9 Å². The van der Waals surface area contributed by atoms with Crippen molar-refractivity contribution in [3.05, 3.63) is 45.5 Å². The maximum Gasteiger partial charge on any atom is 0.322 e. The molecule has 1 aromatic carbocycles. The third-order valence-electron chi connectivity index (χ3n) is 3.94. The van der Waals surface area contributed by atoms with Crippen molar-refractivity contribution < 1.29 is 18.1 Å². The molecular weight excluding hydrogens is 319 g/mol. The van der Waals surface area contributed by atoms with E-state index in [1.165, 1.54) is 17.0 Å². The predicted octanol–water partition coefficient (Wildman–Crippen LogP) is 2.15. The molecule has 124 valence electrons. The van der Waals surface area contributed by atoms with Gasteiger partial charge in [0, 0.05) is 25.2 Å². The molecule has 2 amide bonds. The number of H-pyrrole nitrogens is 1. The van der Waals surface area contributed by atoms with Crippen LogP contribution in [0, 0.1) is 12.7 Å². The molecule has 0 bridgehead atoms. The molecule has 0 fully saturated rings. The standard InChI is InChI=1S/C15H13FN4O4/c1-7-17-13-10(16)4-8(5-11(13)23-7)18-15(22)20-3-2-9-12(6-20)24-19-14(9)21/h4-5H,2-3,6H2,1H3,(H,18,22)(H,19,21). The second kappa shape index (κ2) is 5.22. The van der Waals surface area contributed by atoms with Crippen LogP contribution in [0.1, 0.15) is 17.2 Å². The van der Waals surface area contributed by atoms with Crippen LogP contribution in [0.3, 0.4) is 0 Å². The second-order valence-corrected chi connectivity index (χ2v) is 5.57. The molecule has 1 aliphatic rings. The van der Waals surface area contributed by atoms with Gasteiger partial charge in [-0.15, -0.1) is 0 Å². The van der Waals surface area contributed by atoms with Gasteiger partial charge >= 0.3 is 6.03 Å². The molecule has 3 aromatic rings. The number of nitrogens with zero attached hydrogens (tertiary/aromatic N) is 2. The third kappa shape index (κ3) is 2.34. The number of rotatable bonds is 1. The number of halogens is 1. The minimum Gasteiger partial charge on any atom is -0.441 e. The summed E-state index contributed by atoms with van der Waals surface area (Å²) < 4.78 is 24.4. The third-order valence-corrected chi connectivity index (χ3v) is 3.94. The van der Waals surface area contributed by atoms with E-state index in [0.717, 1.165) is 0 Å². The van der Waals surface area contributed by atoms with Gasteiger partial charge in [-0.25, -0.2) is 14.2 Å². The molecule has 24 heavy (non-hydrogen) atoms. The molecule has 0 unspecified atom stereocenters. The molecule has 8 nitrogen and oxygen atoms in total. The number of carbonyl (C=O) groups is 1. The van der Waals surface area contributed by atoms with Crippen LogP contribution in [-0.2, 0) is 13.0 Å². The van der Waals surface area contributed by atoms with E-state index < -0.39 is 11.8 Å². The van der Waals surface area contributed by atoms with Crippen LogP contribution in [0.2, 0.25) is 0 Å². The molecule has 0 aliphatic carbocycles. The first kappa shape index (κ1) is 14.5. The van der Waals surface area contributed by atoms with Crippen molar-refractivity contribution in [1.82, 2.24) is 15.0 Å². The van der Waals surface area contributed by atoms with Crippen molar-refractivity contribution in [2.45, 2.75) is 19.9 Å². The predicted molar refractivity (Wildman–Crippen MR) is 81.2 cm³/mol. The zero-order valence-corrected chi connectivity index (χ0v) is 12.7. The first-order valence-electron chi connectivity index (χ1n) is 7.33. The number of benzene rings is 1. The van der Waals surface area contributed by atoms with Gasteiger partial charge in [-0.1, -0.05) is 0 Å². The van der Waals surface area contributed by atoms with Crippen molar-refractivity contribution in [3.63, 3.8) is 0 Å². The Labute approximate surface area is 134 Å². The fourth-order valence-corrected chi connectivity index (χ4v) is 2.79. The molecule has 2 N–H and O–H groups in total. The summed E-state index contributed by atoms with van der Waals surface area (Å²) in [6.07, 6.45) is 0.406. The van der Waals surface area contributed by atoms with E-state index in [1.54, 1.807) is 6.92 Å². The average Bonchev–Trinajstić information content (AvgIpc) is 3.10. The normalized spacial score (nSPS) is 14.0. The molecule has 0 radical (unpaired) electrons. The summed E-state index contributed by atoms with van der Waals surface area (Å²) in [4.78, 5) is 29.2. The topological polar surface area (TPSA) is 104 Å². The SMILES string of the molecule is Cc1nc2c(F)cc(NC(=O)N3CCc4c(o[nH]c4=O)C3)cc2o1. The van der Waals surface area contributed by atoms with Crippen molar-refractivity contribution in [2.24, 2.45) is 0 Å². The number of aromatic nitrogens is 2. The summed E-state index contributed by atoms with van der Waals surface area (Å²) in [6, 6.07) is 2.29.